The van der Waals surface area contributed by atoms with Gasteiger partial charge in [-0.2, -0.15) is 0 Å². The quantitative estimate of drug-likeness (QED) is 0.738. The Morgan fingerprint density at radius 2 is 2.00 bits per heavy atom. The van der Waals surface area contributed by atoms with E-state index in [4.69, 9.17) is 0 Å². The zero-order valence-corrected chi connectivity index (χ0v) is 9.68. The van der Waals surface area contributed by atoms with Crippen molar-refractivity contribution >= 4 is 7.37 Å². The smallest absolute Gasteiger partial charge is 0.233 e. The molecule has 4 heteroatoms. The van der Waals surface area contributed by atoms with Crippen LogP contribution in [0.1, 0.15) is 45.4 Å². The fourth-order valence-corrected chi connectivity index (χ4v) is 4.04. The molecule has 2 nitrogen and oxygen atoms in total. The van der Waals surface area contributed by atoms with Gasteiger partial charge in [-0.05, 0) is 25.2 Å². The Morgan fingerprint density at radius 3 is 2.50 bits per heavy atom. The van der Waals surface area contributed by atoms with Gasteiger partial charge in [0, 0.05) is 6.16 Å². The van der Waals surface area contributed by atoms with Crippen LogP contribution < -0.4 is 0 Å². The second kappa shape index (κ2) is 5.27. The third-order valence-electron chi connectivity index (χ3n) is 3.02. The maximum absolute atomic E-state index is 13.2. The monoisotopic (exact) mass is 222 g/mol. The van der Waals surface area contributed by atoms with Crippen LogP contribution in [0, 0.1) is 5.92 Å². The van der Waals surface area contributed by atoms with E-state index in [1.807, 2.05) is 0 Å². The van der Waals surface area contributed by atoms with Crippen LogP contribution in [0.3, 0.4) is 0 Å². The van der Waals surface area contributed by atoms with E-state index < -0.39 is 13.3 Å². The molecule has 0 radical (unpaired) electrons. The summed E-state index contributed by atoms with van der Waals surface area (Å²) in [6, 6.07) is 0. The van der Waals surface area contributed by atoms with Gasteiger partial charge in [0.25, 0.3) is 0 Å². The molecule has 2 unspecified atom stereocenters. The Bertz CT molecular complexity index is 214. The van der Waals surface area contributed by atoms with Crippen LogP contribution >= 0.6 is 7.37 Å². The van der Waals surface area contributed by atoms with Crippen molar-refractivity contribution in [1.29, 1.82) is 0 Å². The van der Waals surface area contributed by atoms with Gasteiger partial charge in [0.2, 0.25) is 7.37 Å². The van der Waals surface area contributed by atoms with Gasteiger partial charge in [0.15, 0.2) is 5.91 Å². The summed E-state index contributed by atoms with van der Waals surface area (Å²) >= 11 is 0. The minimum Gasteiger partial charge on any atom is -0.342 e. The predicted molar refractivity (Wildman–Crippen MR) is 56.5 cm³/mol. The van der Waals surface area contributed by atoms with Crippen LogP contribution in [-0.4, -0.2) is 17.0 Å². The first-order chi connectivity index (χ1) is 6.56. The molecule has 84 valence electrons. The molecule has 0 aromatic heterocycles. The molecule has 2 atom stereocenters. The molecule has 0 saturated heterocycles. The van der Waals surface area contributed by atoms with Gasteiger partial charge >= 0.3 is 0 Å². The molecule has 0 aliphatic heterocycles. The number of rotatable bonds is 4. The molecule has 0 amide bonds. The van der Waals surface area contributed by atoms with Crippen LogP contribution in [0.2, 0.25) is 0 Å². The fourth-order valence-electron chi connectivity index (χ4n) is 2.14. The van der Waals surface area contributed by atoms with E-state index in [-0.39, 0.29) is 18.5 Å². The molecular formula is C10H20FO2P. The molecule has 1 rings (SSSR count). The fraction of sp³-hybridized carbons (Fsp3) is 1.00. The van der Waals surface area contributed by atoms with Crippen LogP contribution in [0.15, 0.2) is 0 Å². The standard InChI is InChI=1S/C10H20FO2P/c1-2-10(11)14(12,13)8-9-6-4-3-5-7-9/h9-10H,2-8H2,1H3,(H,12,13). The third kappa shape index (κ3) is 3.36. The van der Waals surface area contributed by atoms with E-state index in [1.54, 1.807) is 6.92 Å². The first-order valence-corrected chi connectivity index (χ1v) is 7.43. The van der Waals surface area contributed by atoms with Crippen LogP contribution in [0.25, 0.3) is 0 Å². The van der Waals surface area contributed by atoms with Crippen molar-refractivity contribution < 1.29 is 13.8 Å². The summed E-state index contributed by atoms with van der Waals surface area (Å²) in [5.41, 5.74) is 0. The van der Waals surface area contributed by atoms with Crippen molar-refractivity contribution in [1.82, 2.24) is 0 Å². The SMILES string of the molecule is CCC(F)P(=O)(O)CC1CCCCC1. The molecular weight excluding hydrogens is 202 g/mol. The second-order valence-electron chi connectivity index (χ2n) is 4.28. The molecule has 1 N–H and O–H groups in total. The number of halogens is 1. The maximum Gasteiger partial charge on any atom is 0.233 e. The van der Waals surface area contributed by atoms with Gasteiger partial charge in [0.05, 0.1) is 0 Å². The lowest BCUT2D eigenvalue weighted by molar-refractivity contribution is 0.335. The molecule has 1 saturated carbocycles. The summed E-state index contributed by atoms with van der Waals surface area (Å²) < 4.78 is 24.7. The highest BCUT2D eigenvalue weighted by atomic mass is 31.2. The van der Waals surface area contributed by atoms with Gasteiger partial charge in [0.1, 0.15) is 0 Å². The topological polar surface area (TPSA) is 37.3 Å². The number of alkyl halides is 1. The summed E-state index contributed by atoms with van der Waals surface area (Å²) in [6.45, 7) is 1.62. The van der Waals surface area contributed by atoms with Crippen LogP contribution in [0.5, 0.6) is 0 Å². The molecule has 14 heavy (non-hydrogen) atoms. The van der Waals surface area contributed by atoms with E-state index in [1.165, 1.54) is 6.42 Å². The lowest BCUT2D eigenvalue weighted by Crippen LogP contribution is -2.14. The lowest BCUT2D eigenvalue weighted by atomic mass is 9.91. The third-order valence-corrected chi connectivity index (χ3v) is 5.30. The van der Waals surface area contributed by atoms with E-state index in [0.717, 1.165) is 25.7 Å². The van der Waals surface area contributed by atoms with Crippen molar-refractivity contribution in [3.8, 4) is 0 Å². The van der Waals surface area contributed by atoms with E-state index in [2.05, 4.69) is 0 Å². The Morgan fingerprint density at radius 1 is 1.43 bits per heavy atom. The average molecular weight is 222 g/mol. The molecule has 0 spiro atoms. The van der Waals surface area contributed by atoms with Gasteiger partial charge in [-0.3, -0.25) is 4.57 Å². The van der Waals surface area contributed by atoms with Crippen molar-refractivity contribution in [3.05, 3.63) is 0 Å². The number of hydrogen-bond acceptors (Lipinski definition) is 1. The molecule has 0 aromatic carbocycles. The molecule has 1 aliphatic carbocycles. The largest absolute Gasteiger partial charge is 0.342 e. The van der Waals surface area contributed by atoms with E-state index in [0.29, 0.717) is 0 Å². The summed E-state index contributed by atoms with van der Waals surface area (Å²) in [4.78, 5) is 9.52. The Hall–Kier alpha value is 0.120. The van der Waals surface area contributed by atoms with Crippen molar-refractivity contribution in [2.75, 3.05) is 6.16 Å². The van der Waals surface area contributed by atoms with Crippen LogP contribution in [-0.2, 0) is 4.57 Å². The summed E-state index contributed by atoms with van der Waals surface area (Å²) in [6.07, 6.45) is 5.84. The minimum absolute atomic E-state index is 0.153. The second-order valence-corrected chi connectivity index (χ2v) is 6.72. The Balaban J connectivity index is 2.44. The Kier molecular flexibility index (Phi) is 4.59. The number of hydrogen-bond donors (Lipinski definition) is 1. The van der Waals surface area contributed by atoms with Gasteiger partial charge in [-0.25, -0.2) is 4.39 Å². The zero-order valence-electron chi connectivity index (χ0n) is 8.79. The zero-order chi connectivity index (χ0) is 10.6. The normalized spacial score (nSPS) is 25.6. The predicted octanol–water partition coefficient (Wildman–Crippen LogP) is 3.54. The van der Waals surface area contributed by atoms with E-state index in [9.17, 15) is 13.8 Å². The van der Waals surface area contributed by atoms with Crippen LogP contribution in [0.4, 0.5) is 4.39 Å². The first-order valence-electron chi connectivity index (χ1n) is 5.52. The molecule has 0 aromatic rings. The first kappa shape index (κ1) is 12.2. The summed E-state index contributed by atoms with van der Waals surface area (Å²) in [5, 5.41) is 0. The minimum atomic E-state index is -3.52. The van der Waals surface area contributed by atoms with Gasteiger partial charge in [-0.1, -0.05) is 26.2 Å². The van der Waals surface area contributed by atoms with Crippen molar-refractivity contribution in [2.45, 2.75) is 51.4 Å². The van der Waals surface area contributed by atoms with Crippen molar-refractivity contribution in [2.24, 2.45) is 5.92 Å². The highest BCUT2D eigenvalue weighted by molar-refractivity contribution is 7.58. The highest BCUT2D eigenvalue weighted by Crippen LogP contribution is 2.51. The molecule has 1 aliphatic rings. The summed E-state index contributed by atoms with van der Waals surface area (Å²) in [5.74, 6) is -1.23. The molecule has 0 bridgehead atoms. The van der Waals surface area contributed by atoms with E-state index >= 15 is 0 Å². The lowest BCUT2D eigenvalue weighted by Gasteiger charge is -2.25. The van der Waals surface area contributed by atoms with Crippen molar-refractivity contribution in [3.63, 3.8) is 0 Å². The average Bonchev–Trinajstić information content (AvgIpc) is 2.17. The molecule has 0 heterocycles. The highest BCUT2D eigenvalue weighted by Gasteiger charge is 2.32. The molecule has 1 fully saturated rings. The maximum atomic E-state index is 13.2. The van der Waals surface area contributed by atoms with Gasteiger partial charge < -0.3 is 4.89 Å². The van der Waals surface area contributed by atoms with Gasteiger partial charge in [-0.15, -0.1) is 0 Å². The summed E-state index contributed by atoms with van der Waals surface area (Å²) in [7, 11) is -3.52. The Labute approximate surface area is 85.4 Å².